The molecule has 1 aliphatic rings. The first-order valence-corrected chi connectivity index (χ1v) is 6.39. The van der Waals surface area contributed by atoms with Gasteiger partial charge in [0.05, 0.1) is 24.2 Å². The van der Waals surface area contributed by atoms with Gasteiger partial charge in [0.15, 0.2) is 0 Å². The molecule has 1 fully saturated rings. The number of ether oxygens (including phenoxy) is 1. The van der Waals surface area contributed by atoms with E-state index in [1.165, 1.54) is 0 Å². The molecular formula is C13H24O4. The summed E-state index contributed by atoms with van der Waals surface area (Å²) < 4.78 is 5.32. The Morgan fingerprint density at radius 3 is 2.59 bits per heavy atom. The Labute approximate surface area is 103 Å². The molecule has 1 saturated carbocycles. The molecule has 1 rings (SSSR count). The Bertz CT molecular complexity index is 264. The van der Waals surface area contributed by atoms with Crippen LogP contribution >= 0.6 is 0 Å². The van der Waals surface area contributed by atoms with E-state index in [1.54, 1.807) is 0 Å². The summed E-state index contributed by atoms with van der Waals surface area (Å²) in [4.78, 5) is 11.4. The molecule has 2 N–H and O–H groups in total. The summed E-state index contributed by atoms with van der Waals surface area (Å²) in [7, 11) is 0. The van der Waals surface area contributed by atoms with Gasteiger partial charge in [-0.15, -0.1) is 0 Å². The number of aliphatic hydroxyl groups is 1. The predicted molar refractivity (Wildman–Crippen MR) is 64.8 cm³/mol. The smallest absolute Gasteiger partial charge is 0.309 e. The lowest BCUT2D eigenvalue weighted by Gasteiger charge is -2.27. The third kappa shape index (κ3) is 3.96. The van der Waals surface area contributed by atoms with Gasteiger partial charge >= 0.3 is 5.97 Å². The highest BCUT2D eigenvalue weighted by atomic mass is 16.5. The highest BCUT2D eigenvalue weighted by Crippen LogP contribution is 2.45. The van der Waals surface area contributed by atoms with Gasteiger partial charge in [0.2, 0.25) is 0 Å². The van der Waals surface area contributed by atoms with Crippen LogP contribution in [0, 0.1) is 11.3 Å². The maximum atomic E-state index is 11.4. The van der Waals surface area contributed by atoms with Gasteiger partial charge in [0, 0.05) is 0 Å². The van der Waals surface area contributed by atoms with Crippen LogP contribution in [0.4, 0.5) is 0 Å². The van der Waals surface area contributed by atoms with E-state index in [1.807, 2.05) is 13.8 Å². The second-order valence-corrected chi connectivity index (χ2v) is 5.67. The molecular weight excluding hydrogens is 220 g/mol. The average molecular weight is 244 g/mol. The van der Waals surface area contributed by atoms with E-state index in [2.05, 4.69) is 6.92 Å². The Morgan fingerprint density at radius 2 is 2.18 bits per heavy atom. The maximum absolute atomic E-state index is 11.4. The fourth-order valence-electron chi connectivity index (χ4n) is 2.67. The molecule has 0 heterocycles. The molecule has 3 atom stereocenters. The first-order valence-electron chi connectivity index (χ1n) is 6.39. The molecule has 0 bridgehead atoms. The lowest BCUT2D eigenvalue weighted by molar-refractivity contribution is -0.151. The number of hydrogen-bond donors (Lipinski definition) is 2. The minimum atomic E-state index is -0.773. The highest BCUT2D eigenvalue weighted by Gasteiger charge is 2.45. The quantitative estimate of drug-likeness (QED) is 0.750. The zero-order valence-corrected chi connectivity index (χ0v) is 11.0. The molecule has 17 heavy (non-hydrogen) atoms. The van der Waals surface area contributed by atoms with E-state index in [0.29, 0.717) is 25.2 Å². The van der Waals surface area contributed by atoms with E-state index in [9.17, 15) is 15.0 Å². The SMILES string of the molecule is CC1CCC(CC(O)COC(C)C)(C(=O)O)C1. The van der Waals surface area contributed by atoms with Crippen LogP contribution in [0.3, 0.4) is 0 Å². The molecule has 100 valence electrons. The van der Waals surface area contributed by atoms with Gasteiger partial charge in [0.1, 0.15) is 0 Å². The summed E-state index contributed by atoms with van der Waals surface area (Å²) in [6.45, 7) is 6.09. The van der Waals surface area contributed by atoms with Crippen LogP contribution in [-0.4, -0.2) is 35.0 Å². The van der Waals surface area contributed by atoms with Crippen LogP contribution in [0.1, 0.15) is 46.5 Å². The van der Waals surface area contributed by atoms with E-state index in [-0.39, 0.29) is 12.7 Å². The topological polar surface area (TPSA) is 66.8 Å². The number of hydrogen-bond acceptors (Lipinski definition) is 3. The number of aliphatic hydroxyl groups excluding tert-OH is 1. The van der Waals surface area contributed by atoms with Crippen molar-refractivity contribution in [3.8, 4) is 0 Å². The predicted octanol–water partition coefficient (Wildman–Crippen LogP) is 2.05. The highest BCUT2D eigenvalue weighted by molar-refractivity contribution is 5.75. The number of carboxylic acids is 1. The molecule has 3 unspecified atom stereocenters. The van der Waals surface area contributed by atoms with Crippen LogP contribution in [-0.2, 0) is 9.53 Å². The van der Waals surface area contributed by atoms with Crippen LogP contribution in [0.5, 0.6) is 0 Å². The van der Waals surface area contributed by atoms with E-state index in [0.717, 1.165) is 6.42 Å². The van der Waals surface area contributed by atoms with E-state index in [4.69, 9.17) is 4.74 Å². The van der Waals surface area contributed by atoms with Gasteiger partial charge < -0.3 is 14.9 Å². The minimum absolute atomic E-state index is 0.0629. The summed E-state index contributed by atoms with van der Waals surface area (Å²) in [5, 5.41) is 19.2. The van der Waals surface area contributed by atoms with Gasteiger partial charge in [-0.25, -0.2) is 0 Å². The third-order valence-electron chi connectivity index (χ3n) is 3.56. The van der Waals surface area contributed by atoms with Gasteiger partial charge in [0.25, 0.3) is 0 Å². The minimum Gasteiger partial charge on any atom is -0.481 e. The molecule has 0 amide bonds. The normalized spacial score (nSPS) is 30.8. The number of rotatable bonds is 6. The van der Waals surface area contributed by atoms with E-state index >= 15 is 0 Å². The molecule has 0 spiro atoms. The summed E-state index contributed by atoms with van der Waals surface area (Å²) in [5.41, 5.74) is -0.737. The second kappa shape index (κ2) is 5.83. The van der Waals surface area contributed by atoms with Crippen LogP contribution in [0.25, 0.3) is 0 Å². The molecule has 0 aromatic carbocycles. The molecule has 0 aromatic heterocycles. The van der Waals surface area contributed by atoms with E-state index < -0.39 is 17.5 Å². The van der Waals surface area contributed by atoms with Crippen LogP contribution in [0.2, 0.25) is 0 Å². The first kappa shape index (κ1) is 14.5. The fraction of sp³-hybridized carbons (Fsp3) is 0.923. The summed E-state index contributed by atoms with van der Waals surface area (Å²) in [5.74, 6) is -0.338. The van der Waals surface area contributed by atoms with Crippen molar-refractivity contribution >= 4 is 5.97 Å². The molecule has 0 radical (unpaired) electrons. The lowest BCUT2D eigenvalue weighted by Crippen LogP contribution is -2.34. The van der Waals surface area contributed by atoms with Crippen molar-refractivity contribution in [1.29, 1.82) is 0 Å². The van der Waals surface area contributed by atoms with Gasteiger partial charge in [-0.05, 0) is 45.4 Å². The average Bonchev–Trinajstić information content (AvgIpc) is 2.58. The van der Waals surface area contributed by atoms with Crippen molar-refractivity contribution in [2.75, 3.05) is 6.61 Å². The molecule has 4 heteroatoms. The summed E-state index contributed by atoms with van der Waals surface area (Å²) >= 11 is 0. The van der Waals surface area contributed by atoms with Crippen LogP contribution < -0.4 is 0 Å². The lowest BCUT2D eigenvalue weighted by atomic mass is 9.80. The largest absolute Gasteiger partial charge is 0.481 e. The number of carboxylic acid groups (broad SMARTS) is 1. The molecule has 0 aromatic rings. The number of carbonyl (C=O) groups is 1. The summed E-state index contributed by atoms with van der Waals surface area (Å²) in [6, 6.07) is 0. The van der Waals surface area contributed by atoms with Crippen molar-refractivity contribution in [2.24, 2.45) is 11.3 Å². The fourth-order valence-corrected chi connectivity index (χ4v) is 2.67. The van der Waals surface area contributed by atoms with Gasteiger partial charge in [-0.1, -0.05) is 6.92 Å². The Hall–Kier alpha value is -0.610. The van der Waals surface area contributed by atoms with Crippen molar-refractivity contribution in [1.82, 2.24) is 0 Å². The monoisotopic (exact) mass is 244 g/mol. The van der Waals surface area contributed by atoms with Crippen LogP contribution in [0.15, 0.2) is 0 Å². The number of aliphatic carboxylic acids is 1. The Morgan fingerprint density at radius 1 is 1.53 bits per heavy atom. The molecule has 0 saturated heterocycles. The molecule has 1 aliphatic carbocycles. The van der Waals surface area contributed by atoms with Crippen molar-refractivity contribution in [2.45, 2.75) is 58.7 Å². The Kier molecular flexibility index (Phi) is 4.95. The van der Waals surface area contributed by atoms with Gasteiger partial charge in [-0.2, -0.15) is 0 Å². The molecule has 4 nitrogen and oxygen atoms in total. The van der Waals surface area contributed by atoms with Crippen molar-refractivity contribution in [3.63, 3.8) is 0 Å². The first-order chi connectivity index (χ1) is 7.85. The molecule has 0 aliphatic heterocycles. The van der Waals surface area contributed by atoms with Crippen molar-refractivity contribution < 1.29 is 19.7 Å². The third-order valence-corrected chi connectivity index (χ3v) is 3.56. The zero-order chi connectivity index (χ0) is 13.1. The summed E-state index contributed by atoms with van der Waals surface area (Å²) in [6.07, 6.45) is 1.96. The second-order valence-electron chi connectivity index (χ2n) is 5.67. The van der Waals surface area contributed by atoms with Gasteiger partial charge in [-0.3, -0.25) is 4.79 Å². The standard InChI is InChI=1S/C13H24O4/c1-9(2)17-8-11(14)7-13(12(15)16)5-4-10(3)6-13/h9-11,14H,4-8H2,1-3H3,(H,15,16). The zero-order valence-electron chi connectivity index (χ0n) is 11.0. The van der Waals surface area contributed by atoms with Crippen molar-refractivity contribution in [3.05, 3.63) is 0 Å². The Balaban J connectivity index is 2.53. The maximum Gasteiger partial charge on any atom is 0.309 e.